The number of carbonyl (C=O) groups is 1. The zero-order valence-corrected chi connectivity index (χ0v) is 18.5. The second-order valence-corrected chi connectivity index (χ2v) is 7.98. The van der Waals surface area contributed by atoms with Gasteiger partial charge < -0.3 is 5.32 Å². The molecule has 0 fully saturated rings. The van der Waals surface area contributed by atoms with Gasteiger partial charge in [-0.2, -0.15) is 0 Å². The summed E-state index contributed by atoms with van der Waals surface area (Å²) in [6.07, 6.45) is 2.68. The SMILES string of the molecule is Cc1cc(NC(=O)Cn2c(=O)n(Cc3ccc(F)cc3)c(=O)c3nccnc32)ccc1Br. The molecular weight excluding hydrogens is 481 g/mol. The van der Waals surface area contributed by atoms with Gasteiger partial charge in [-0.25, -0.2) is 19.2 Å². The third kappa shape index (κ3) is 4.35. The van der Waals surface area contributed by atoms with Crippen molar-refractivity contribution < 1.29 is 9.18 Å². The molecule has 2 aromatic heterocycles. The lowest BCUT2D eigenvalue weighted by atomic mass is 10.2. The van der Waals surface area contributed by atoms with Gasteiger partial charge in [0.2, 0.25) is 5.91 Å². The molecule has 8 nitrogen and oxygen atoms in total. The number of anilines is 1. The predicted molar refractivity (Wildman–Crippen MR) is 121 cm³/mol. The van der Waals surface area contributed by atoms with Gasteiger partial charge in [-0.1, -0.05) is 28.1 Å². The summed E-state index contributed by atoms with van der Waals surface area (Å²) in [5, 5.41) is 2.74. The Bertz CT molecular complexity index is 1450. The average molecular weight is 498 g/mol. The molecule has 2 aromatic carbocycles. The number of carbonyl (C=O) groups excluding carboxylic acids is 1. The third-order valence-electron chi connectivity index (χ3n) is 4.84. The first-order valence-corrected chi connectivity index (χ1v) is 10.4. The average Bonchev–Trinajstić information content (AvgIpc) is 2.78. The summed E-state index contributed by atoms with van der Waals surface area (Å²) in [5.74, 6) is -0.893. The van der Waals surface area contributed by atoms with Crippen LogP contribution in [0, 0.1) is 12.7 Å². The molecule has 10 heteroatoms. The zero-order chi connectivity index (χ0) is 22.8. The van der Waals surface area contributed by atoms with Crippen LogP contribution in [0.25, 0.3) is 11.2 Å². The van der Waals surface area contributed by atoms with E-state index in [1.807, 2.05) is 6.92 Å². The standard InChI is InChI=1S/C22H17BrFN5O3/c1-13-10-16(6-7-17(13)23)27-18(30)12-28-20-19(25-8-9-26-20)21(31)29(22(28)32)11-14-2-4-15(24)5-3-14/h2-10H,11-12H2,1H3,(H,27,30). The lowest BCUT2D eigenvalue weighted by molar-refractivity contribution is -0.116. The molecule has 0 aliphatic rings. The van der Waals surface area contributed by atoms with Gasteiger partial charge in [0.25, 0.3) is 5.56 Å². The second kappa shape index (κ2) is 8.83. The Labute approximate surface area is 189 Å². The van der Waals surface area contributed by atoms with Gasteiger partial charge in [-0.3, -0.25) is 18.7 Å². The fourth-order valence-corrected chi connectivity index (χ4v) is 3.50. The molecule has 4 aromatic rings. The summed E-state index contributed by atoms with van der Waals surface area (Å²) in [7, 11) is 0. The summed E-state index contributed by atoms with van der Waals surface area (Å²) >= 11 is 3.41. The molecule has 32 heavy (non-hydrogen) atoms. The number of nitrogens with zero attached hydrogens (tertiary/aromatic N) is 4. The molecule has 0 saturated carbocycles. The fourth-order valence-electron chi connectivity index (χ4n) is 3.25. The first-order valence-electron chi connectivity index (χ1n) is 9.58. The summed E-state index contributed by atoms with van der Waals surface area (Å²) in [6, 6.07) is 10.8. The number of rotatable bonds is 5. The molecule has 0 saturated heterocycles. The number of aryl methyl sites for hydroxylation is 1. The van der Waals surface area contributed by atoms with E-state index in [1.165, 1.54) is 36.7 Å². The van der Waals surface area contributed by atoms with Gasteiger partial charge in [-0.15, -0.1) is 0 Å². The lowest BCUT2D eigenvalue weighted by Gasteiger charge is -2.13. The van der Waals surface area contributed by atoms with E-state index in [9.17, 15) is 18.8 Å². The van der Waals surface area contributed by atoms with Crippen molar-refractivity contribution >= 4 is 38.7 Å². The quantitative estimate of drug-likeness (QED) is 0.457. The smallest absolute Gasteiger partial charge is 0.325 e. The van der Waals surface area contributed by atoms with Crippen LogP contribution in [0.15, 0.2) is 68.9 Å². The number of aromatic nitrogens is 4. The highest BCUT2D eigenvalue weighted by atomic mass is 79.9. The van der Waals surface area contributed by atoms with Gasteiger partial charge >= 0.3 is 5.69 Å². The monoisotopic (exact) mass is 497 g/mol. The largest absolute Gasteiger partial charge is 0.333 e. The van der Waals surface area contributed by atoms with Crippen LogP contribution in [0.2, 0.25) is 0 Å². The Morgan fingerprint density at radius 1 is 1.06 bits per heavy atom. The Hall–Kier alpha value is -3.66. The number of halogens is 2. The number of nitrogens with one attached hydrogen (secondary N) is 1. The molecule has 0 bridgehead atoms. The van der Waals surface area contributed by atoms with Crippen LogP contribution in [0.4, 0.5) is 10.1 Å². The van der Waals surface area contributed by atoms with Crippen LogP contribution in [0.1, 0.15) is 11.1 Å². The molecule has 2 heterocycles. The molecule has 1 N–H and O–H groups in total. The van der Waals surface area contributed by atoms with Crippen molar-refractivity contribution in [2.24, 2.45) is 0 Å². The highest BCUT2D eigenvalue weighted by Crippen LogP contribution is 2.20. The minimum absolute atomic E-state index is 0.0139. The van der Waals surface area contributed by atoms with E-state index < -0.39 is 23.0 Å². The fraction of sp³-hybridized carbons (Fsp3) is 0.136. The summed E-state index contributed by atoms with van der Waals surface area (Å²) < 4.78 is 16.2. The number of amides is 1. The molecule has 0 aliphatic carbocycles. The highest BCUT2D eigenvalue weighted by molar-refractivity contribution is 9.10. The normalized spacial score (nSPS) is 11.0. The lowest BCUT2D eigenvalue weighted by Crippen LogP contribution is -2.42. The van der Waals surface area contributed by atoms with Crippen LogP contribution in [-0.2, 0) is 17.9 Å². The molecule has 0 spiro atoms. The summed E-state index contributed by atoms with van der Waals surface area (Å²) in [5.41, 5.74) is 0.677. The van der Waals surface area contributed by atoms with Crippen molar-refractivity contribution in [3.05, 3.63) is 97.1 Å². The van der Waals surface area contributed by atoms with E-state index in [0.29, 0.717) is 11.3 Å². The zero-order valence-electron chi connectivity index (χ0n) is 16.9. The van der Waals surface area contributed by atoms with Crippen LogP contribution in [0.3, 0.4) is 0 Å². The van der Waals surface area contributed by atoms with Crippen molar-refractivity contribution in [3.63, 3.8) is 0 Å². The van der Waals surface area contributed by atoms with Gasteiger partial charge in [0.15, 0.2) is 11.2 Å². The Morgan fingerprint density at radius 2 is 1.78 bits per heavy atom. The van der Waals surface area contributed by atoms with Crippen molar-refractivity contribution in [1.29, 1.82) is 0 Å². The summed E-state index contributed by atoms with van der Waals surface area (Å²) in [4.78, 5) is 46.9. The minimum atomic E-state index is -0.713. The molecule has 1 amide bonds. The maximum absolute atomic E-state index is 13.2. The molecule has 162 valence electrons. The van der Waals surface area contributed by atoms with Crippen molar-refractivity contribution in [2.75, 3.05) is 5.32 Å². The van der Waals surface area contributed by atoms with Crippen LogP contribution >= 0.6 is 15.9 Å². The maximum Gasteiger partial charge on any atom is 0.333 e. The topological polar surface area (TPSA) is 98.9 Å². The van der Waals surface area contributed by atoms with Gasteiger partial charge in [-0.05, 0) is 48.4 Å². The number of fused-ring (bicyclic) bond motifs is 1. The van der Waals surface area contributed by atoms with Crippen molar-refractivity contribution in [1.82, 2.24) is 19.1 Å². The molecule has 0 unspecified atom stereocenters. The summed E-state index contributed by atoms with van der Waals surface area (Å²) in [6.45, 7) is 1.42. The minimum Gasteiger partial charge on any atom is -0.325 e. The van der Waals surface area contributed by atoms with Gasteiger partial charge in [0.05, 0.1) is 6.54 Å². The van der Waals surface area contributed by atoms with Crippen molar-refractivity contribution in [3.8, 4) is 0 Å². The Morgan fingerprint density at radius 3 is 2.50 bits per heavy atom. The number of hydrogen-bond acceptors (Lipinski definition) is 5. The predicted octanol–water partition coefficient (Wildman–Crippen LogP) is 2.85. The number of benzene rings is 2. The van der Waals surface area contributed by atoms with E-state index in [-0.39, 0.29) is 24.3 Å². The third-order valence-corrected chi connectivity index (χ3v) is 5.73. The maximum atomic E-state index is 13.2. The van der Waals surface area contributed by atoms with Gasteiger partial charge in [0.1, 0.15) is 12.4 Å². The van der Waals surface area contributed by atoms with Crippen molar-refractivity contribution in [2.45, 2.75) is 20.0 Å². The van der Waals surface area contributed by atoms with Crippen LogP contribution < -0.4 is 16.6 Å². The van der Waals surface area contributed by atoms with Crippen LogP contribution in [-0.4, -0.2) is 25.0 Å². The van der Waals surface area contributed by atoms with E-state index in [2.05, 4.69) is 31.2 Å². The Balaban J connectivity index is 1.73. The van der Waals surface area contributed by atoms with E-state index in [0.717, 1.165) is 19.2 Å². The first-order chi connectivity index (χ1) is 15.3. The van der Waals surface area contributed by atoms with Crippen LogP contribution in [0.5, 0.6) is 0 Å². The second-order valence-electron chi connectivity index (χ2n) is 7.13. The molecule has 0 radical (unpaired) electrons. The molecule has 0 atom stereocenters. The van der Waals surface area contributed by atoms with E-state index in [1.54, 1.807) is 18.2 Å². The number of hydrogen-bond donors (Lipinski definition) is 1. The van der Waals surface area contributed by atoms with E-state index in [4.69, 9.17) is 0 Å². The first kappa shape index (κ1) is 21.6. The molecular formula is C22H17BrFN5O3. The Kier molecular flexibility index (Phi) is 5.95. The molecule has 4 rings (SSSR count). The van der Waals surface area contributed by atoms with E-state index >= 15 is 0 Å². The van der Waals surface area contributed by atoms with Gasteiger partial charge in [0, 0.05) is 22.6 Å². The molecule has 0 aliphatic heterocycles. The highest BCUT2D eigenvalue weighted by Gasteiger charge is 2.17.